The van der Waals surface area contributed by atoms with Gasteiger partial charge >= 0.3 is 0 Å². The molecule has 0 saturated carbocycles. The van der Waals surface area contributed by atoms with E-state index in [1.807, 2.05) is 36.4 Å². The minimum Gasteiger partial charge on any atom is -0.497 e. The fraction of sp³-hybridized carbons (Fsp3) is 0.294. The quantitative estimate of drug-likeness (QED) is 0.899. The highest BCUT2D eigenvalue weighted by atomic mass is 16.5. The summed E-state index contributed by atoms with van der Waals surface area (Å²) in [4.78, 5) is 0. The molecule has 104 valence electrons. The van der Waals surface area contributed by atoms with Crippen molar-refractivity contribution in [2.75, 3.05) is 7.11 Å². The van der Waals surface area contributed by atoms with Crippen LogP contribution in [0.1, 0.15) is 22.8 Å². The van der Waals surface area contributed by atoms with E-state index in [-0.39, 0.29) is 6.04 Å². The zero-order chi connectivity index (χ0) is 13.9. The van der Waals surface area contributed by atoms with Crippen LogP contribution >= 0.6 is 0 Å². The Labute approximate surface area is 119 Å². The molecule has 1 heterocycles. The van der Waals surface area contributed by atoms with E-state index in [0.29, 0.717) is 0 Å². The lowest BCUT2D eigenvalue weighted by Gasteiger charge is -2.30. The molecule has 0 bridgehead atoms. The molecule has 3 nitrogen and oxygen atoms in total. The summed E-state index contributed by atoms with van der Waals surface area (Å²) in [7, 11) is 1.68. The molecule has 20 heavy (non-hydrogen) atoms. The Balaban J connectivity index is 1.78. The number of rotatable bonds is 3. The highest BCUT2D eigenvalue weighted by Crippen LogP contribution is 2.27. The van der Waals surface area contributed by atoms with Gasteiger partial charge in [-0.3, -0.25) is 0 Å². The lowest BCUT2D eigenvalue weighted by molar-refractivity contribution is 0.123. The molecule has 0 fully saturated rings. The molecular weight excluding hydrogens is 250 g/mol. The third-order valence-corrected chi connectivity index (χ3v) is 3.93. The van der Waals surface area contributed by atoms with Crippen molar-refractivity contribution in [1.29, 1.82) is 0 Å². The summed E-state index contributed by atoms with van der Waals surface area (Å²) >= 11 is 0. The molecule has 2 N–H and O–H groups in total. The van der Waals surface area contributed by atoms with Gasteiger partial charge in [-0.25, -0.2) is 0 Å². The maximum Gasteiger partial charge on any atom is 0.119 e. The van der Waals surface area contributed by atoms with Crippen LogP contribution in [0.15, 0.2) is 48.5 Å². The molecule has 0 radical (unpaired) electrons. The molecular formula is C17H19NO2. The van der Waals surface area contributed by atoms with E-state index < -0.39 is 6.10 Å². The summed E-state index contributed by atoms with van der Waals surface area (Å²) in [5.74, 6) is 0.882. The number of hydrogen-bond acceptors (Lipinski definition) is 3. The van der Waals surface area contributed by atoms with Gasteiger partial charge < -0.3 is 15.2 Å². The third-order valence-electron chi connectivity index (χ3n) is 3.93. The molecule has 3 heteroatoms. The van der Waals surface area contributed by atoms with Crippen molar-refractivity contribution < 1.29 is 9.84 Å². The molecule has 0 spiro atoms. The topological polar surface area (TPSA) is 41.5 Å². The van der Waals surface area contributed by atoms with Gasteiger partial charge in [0.25, 0.3) is 0 Å². The zero-order valence-corrected chi connectivity index (χ0v) is 11.5. The Morgan fingerprint density at radius 1 is 1.15 bits per heavy atom. The van der Waals surface area contributed by atoms with E-state index in [4.69, 9.17) is 4.74 Å². The first kappa shape index (κ1) is 13.2. The predicted octanol–water partition coefficient (Wildman–Crippen LogP) is 2.44. The van der Waals surface area contributed by atoms with Crippen LogP contribution in [0.2, 0.25) is 0 Å². The van der Waals surface area contributed by atoms with Crippen LogP contribution in [0, 0.1) is 0 Å². The van der Waals surface area contributed by atoms with Crippen LogP contribution < -0.4 is 10.1 Å². The third kappa shape index (κ3) is 2.55. The Kier molecular flexibility index (Phi) is 3.72. The van der Waals surface area contributed by atoms with Gasteiger partial charge in [-0.1, -0.05) is 36.4 Å². The minimum atomic E-state index is -0.480. The largest absolute Gasteiger partial charge is 0.497 e. The van der Waals surface area contributed by atoms with Crippen LogP contribution in [-0.4, -0.2) is 18.3 Å². The van der Waals surface area contributed by atoms with E-state index in [0.717, 1.165) is 24.3 Å². The molecule has 2 unspecified atom stereocenters. The fourth-order valence-corrected chi connectivity index (χ4v) is 2.75. The van der Waals surface area contributed by atoms with Gasteiger partial charge in [0.2, 0.25) is 0 Å². The van der Waals surface area contributed by atoms with E-state index in [1.165, 1.54) is 11.1 Å². The van der Waals surface area contributed by atoms with Crippen molar-refractivity contribution in [3.63, 3.8) is 0 Å². The SMILES string of the molecule is COc1ccc2c(c1)CNC(C(O)c1ccccc1)C2. The van der Waals surface area contributed by atoms with E-state index >= 15 is 0 Å². The van der Waals surface area contributed by atoms with Crippen molar-refractivity contribution in [1.82, 2.24) is 5.32 Å². The van der Waals surface area contributed by atoms with Gasteiger partial charge in [0.05, 0.1) is 13.2 Å². The Hall–Kier alpha value is -1.84. The van der Waals surface area contributed by atoms with E-state index in [2.05, 4.69) is 17.4 Å². The number of nitrogens with one attached hydrogen (secondary N) is 1. The number of fused-ring (bicyclic) bond motifs is 1. The second-order valence-corrected chi connectivity index (χ2v) is 5.18. The van der Waals surface area contributed by atoms with Gasteiger partial charge in [0, 0.05) is 12.6 Å². The first-order chi connectivity index (χ1) is 9.78. The molecule has 2 aromatic carbocycles. The summed E-state index contributed by atoms with van der Waals surface area (Å²) in [5, 5.41) is 13.9. The molecule has 0 saturated heterocycles. The van der Waals surface area contributed by atoms with E-state index in [9.17, 15) is 5.11 Å². The normalized spacial score (nSPS) is 19.2. The van der Waals surface area contributed by atoms with Crippen LogP contribution in [0.25, 0.3) is 0 Å². The van der Waals surface area contributed by atoms with Crippen LogP contribution in [0.5, 0.6) is 5.75 Å². The molecule has 2 aromatic rings. The van der Waals surface area contributed by atoms with Crippen molar-refractivity contribution in [2.45, 2.75) is 25.1 Å². The average Bonchev–Trinajstić information content (AvgIpc) is 2.54. The number of benzene rings is 2. The standard InChI is InChI=1S/C17H19NO2/c1-20-15-8-7-13-10-16(18-11-14(13)9-15)17(19)12-5-3-2-4-6-12/h2-9,16-19H,10-11H2,1H3. The maximum absolute atomic E-state index is 10.5. The monoisotopic (exact) mass is 269 g/mol. The summed E-state index contributed by atoms with van der Waals surface area (Å²) < 4.78 is 5.25. The minimum absolute atomic E-state index is 0.0540. The molecule has 1 aliphatic heterocycles. The Morgan fingerprint density at radius 2 is 1.95 bits per heavy atom. The fourth-order valence-electron chi connectivity index (χ4n) is 2.75. The van der Waals surface area contributed by atoms with Crippen LogP contribution in [-0.2, 0) is 13.0 Å². The second kappa shape index (κ2) is 5.65. The lowest BCUT2D eigenvalue weighted by atomic mass is 9.90. The van der Waals surface area contributed by atoms with Crippen molar-refractivity contribution >= 4 is 0 Å². The number of methoxy groups -OCH3 is 1. The lowest BCUT2D eigenvalue weighted by Crippen LogP contribution is -2.40. The molecule has 0 aromatic heterocycles. The van der Waals surface area contributed by atoms with Crippen molar-refractivity contribution in [3.05, 3.63) is 65.2 Å². The first-order valence-corrected chi connectivity index (χ1v) is 6.90. The van der Waals surface area contributed by atoms with Crippen molar-refractivity contribution in [3.8, 4) is 5.75 Å². The van der Waals surface area contributed by atoms with Gasteiger partial charge in [-0.2, -0.15) is 0 Å². The van der Waals surface area contributed by atoms with E-state index in [1.54, 1.807) is 7.11 Å². The Bertz CT molecular complexity index is 583. The molecule has 3 rings (SSSR count). The number of aliphatic hydroxyl groups excluding tert-OH is 1. The highest BCUT2D eigenvalue weighted by molar-refractivity contribution is 5.38. The molecule has 2 atom stereocenters. The second-order valence-electron chi connectivity index (χ2n) is 5.18. The predicted molar refractivity (Wildman–Crippen MR) is 78.7 cm³/mol. The van der Waals surface area contributed by atoms with Gasteiger partial charge in [-0.15, -0.1) is 0 Å². The zero-order valence-electron chi connectivity index (χ0n) is 11.5. The summed E-state index contributed by atoms with van der Waals surface area (Å²) in [6.07, 6.45) is 0.349. The van der Waals surface area contributed by atoms with Gasteiger partial charge in [-0.05, 0) is 35.2 Å². The average molecular weight is 269 g/mol. The van der Waals surface area contributed by atoms with Crippen LogP contribution in [0.3, 0.4) is 0 Å². The molecule has 1 aliphatic rings. The molecule has 0 aliphatic carbocycles. The summed E-state index contributed by atoms with van der Waals surface area (Å²) in [6.45, 7) is 0.765. The number of ether oxygens (including phenoxy) is 1. The van der Waals surface area contributed by atoms with Gasteiger partial charge in [0.15, 0.2) is 0 Å². The molecule has 0 amide bonds. The maximum atomic E-state index is 10.5. The Morgan fingerprint density at radius 3 is 2.70 bits per heavy atom. The van der Waals surface area contributed by atoms with Crippen LogP contribution in [0.4, 0.5) is 0 Å². The summed E-state index contributed by atoms with van der Waals surface area (Å²) in [6, 6.07) is 16.0. The van der Waals surface area contributed by atoms with Gasteiger partial charge in [0.1, 0.15) is 5.75 Å². The smallest absolute Gasteiger partial charge is 0.119 e. The first-order valence-electron chi connectivity index (χ1n) is 6.90. The number of hydrogen-bond donors (Lipinski definition) is 2. The number of aliphatic hydroxyl groups is 1. The summed E-state index contributed by atoms with van der Waals surface area (Å²) in [5.41, 5.74) is 3.49. The van der Waals surface area contributed by atoms with Crippen molar-refractivity contribution in [2.24, 2.45) is 0 Å². The highest BCUT2D eigenvalue weighted by Gasteiger charge is 2.25.